The summed E-state index contributed by atoms with van der Waals surface area (Å²) < 4.78 is 0. The van der Waals surface area contributed by atoms with E-state index in [0.717, 1.165) is 5.92 Å². The first-order valence-electron chi connectivity index (χ1n) is 14.3. The lowest BCUT2D eigenvalue weighted by atomic mass is 9.83. The third kappa shape index (κ3) is 12.7. The van der Waals surface area contributed by atoms with Crippen LogP contribution in [0.3, 0.4) is 0 Å². The number of rotatable bonds is 22. The monoisotopic (exact) mass is 432 g/mol. The normalized spacial score (nSPS) is 11.8. The molecule has 2 heteroatoms. The van der Waals surface area contributed by atoms with Crippen LogP contribution in [0.2, 0.25) is 0 Å². The van der Waals surface area contributed by atoms with Crippen LogP contribution in [0, 0.1) is 0 Å². The Balaban J connectivity index is 2.84. The molecule has 0 saturated heterocycles. The van der Waals surface area contributed by atoms with Crippen molar-refractivity contribution in [2.75, 3.05) is 0 Å². The van der Waals surface area contributed by atoms with E-state index in [0.29, 0.717) is 5.92 Å². The zero-order valence-corrected chi connectivity index (χ0v) is 21.8. The van der Waals surface area contributed by atoms with E-state index in [1.807, 2.05) is 0 Å². The zero-order chi connectivity index (χ0) is 22.6. The van der Waals surface area contributed by atoms with E-state index in [-0.39, 0.29) is 0 Å². The molecule has 2 nitrogen and oxygen atoms in total. The minimum atomic E-state index is 0.694. The Hall–Kier alpha value is -0.790. The fourth-order valence-corrected chi connectivity index (χ4v) is 5.12. The van der Waals surface area contributed by atoms with Gasteiger partial charge in [0.15, 0.2) is 0 Å². The van der Waals surface area contributed by atoms with Crippen molar-refractivity contribution < 1.29 is 0 Å². The van der Waals surface area contributed by atoms with E-state index in [4.69, 9.17) is 0 Å². The lowest BCUT2D eigenvalue weighted by molar-refractivity contribution is 0.466. The highest BCUT2D eigenvalue weighted by molar-refractivity contribution is 5.25. The van der Waals surface area contributed by atoms with Crippen molar-refractivity contribution in [1.29, 1.82) is 0 Å². The van der Waals surface area contributed by atoms with Crippen molar-refractivity contribution in [1.82, 2.24) is 10.2 Å². The Morgan fingerprint density at radius 3 is 1.32 bits per heavy atom. The predicted octanol–water partition coefficient (Wildman–Crippen LogP) is 10.5. The summed E-state index contributed by atoms with van der Waals surface area (Å²) in [5.74, 6) is 1.41. The predicted molar refractivity (Wildman–Crippen MR) is 139 cm³/mol. The second-order valence-corrected chi connectivity index (χ2v) is 10.0. The van der Waals surface area contributed by atoms with Crippen molar-refractivity contribution >= 4 is 0 Å². The maximum absolute atomic E-state index is 4.62. The first-order valence-corrected chi connectivity index (χ1v) is 14.3. The lowest BCUT2D eigenvalue weighted by Gasteiger charge is -2.22. The van der Waals surface area contributed by atoms with Gasteiger partial charge in [-0.3, -0.25) is 5.10 Å². The molecule has 0 spiro atoms. The molecule has 182 valence electrons. The third-order valence-corrected chi connectivity index (χ3v) is 7.17. The second kappa shape index (κ2) is 19.9. The SMILES string of the molecule is CCCCCCC(CCCCCC)c1cn[nH]c1C(CCCCCC)CCCCCC. The molecule has 0 aliphatic heterocycles. The largest absolute Gasteiger partial charge is 0.282 e. The van der Waals surface area contributed by atoms with E-state index in [1.54, 1.807) is 5.56 Å². The highest BCUT2D eigenvalue weighted by Crippen LogP contribution is 2.36. The molecule has 1 aromatic rings. The van der Waals surface area contributed by atoms with Crippen molar-refractivity contribution in [3.05, 3.63) is 17.5 Å². The van der Waals surface area contributed by atoms with Crippen LogP contribution in [-0.4, -0.2) is 10.2 Å². The van der Waals surface area contributed by atoms with E-state index in [9.17, 15) is 0 Å². The van der Waals surface area contributed by atoms with Gasteiger partial charge in [-0.2, -0.15) is 5.10 Å². The minimum absolute atomic E-state index is 0.694. The molecule has 0 bridgehead atoms. The number of aromatic amines is 1. The Bertz CT molecular complexity index is 426. The number of hydrogen-bond acceptors (Lipinski definition) is 1. The molecule has 1 aromatic heterocycles. The summed E-state index contributed by atoms with van der Waals surface area (Å²) in [5.41, 5.74) is 3.10. The van der Waals surface area contributed by atoms with Crippen LogP contribution in [0.25, 0.3) is 0 Å². The average Bonchev–Trinajstić information content (AvgIpc) is 3.26. The van der Waals surface area contributed by atoms with Crippen LogP contribution in [-0.2, 0) is 0 Å². The summed E-state index contributed by atoms with van der Waals surface area (Å²) in [6.45, 7) is 9.27. The van der Waals surface area contributed by atoms with Crippen molar-refractivity contribution in [2.45, 2.75) is 168 Å². The summed E-state index contributed by atoms with van der Waals surface area (Å²) in [6.07, 6.45) is 29.6. The number of unbranched alkanes of at least 4 members (excludes halogenated alkanes) is 12. The maximum atomic E-state index is 4.62. The number of H-pyrrole nitrogens is 1. The minimum Gasteiger partial charge on any atom is -0.282 e. The fraction of sp³-hybridized carbons (Fsp3) is 0.897. The Morgan fingerprint density at radius 2 is 0.935 bits per heavy atom. The molecule has 1 rings (SSSR count). The number of aromatic nitrogens is 2. The van der Waals surface area contributed by atoms with E-state index in [1.165, 1.54) is 134 Å². The van der Waals surface area contributed by atoms with E-state index < -0.39 is 0 Å². The van der Waals surface area contributed by atoms with Gasteiger partial charge in [0.1, 0.15) is 0 Å². The second-order valence-electron chi connectivity index (χ2n) is 10.0. The van der Waals surface area contributed by atoms with Crippen LogP contribution in [0.15, 0.2) is 6.20 Å². The molecule has 0 aliphatic rings. The van der Waals surface area contributed by atoms with Crippen LogP contribution >= 0.6 is 0 Å². The molecule has 0 atom stereocenters. The summed E-state index contributed by atoms with van der Waals surface area (Å²) in [7, 11) is 0. The fourth-order valence-electron chi connectivity index (χ4n) is 5.12. The Kier molecular flexibility index (Phi) is 18.1. The molecular weight excluding hydrogens is 376 g/mol. The molecule has 0 radical (unpaired) electrons. The molecule has 31 heavy (non-hydrogen) atoms. The first-order chi connectivity index (χ1) is 15.3. The molecule has 0 aliphatic carbocycles. The van der Waals surface area contributed by atoms with Crippen molar-refractivity contribution in [3.8, 4) is 0 Å². The topological polar surface area (TPSA) is 28.7 Å². The third-order valence-electron chi connectivity index (χ3n) is 7.17. The van der Waals surface area contributed by atoms with Gasteiger partial charge in [0.05, 0.1) is 6.20 Å². The van der Waals surface area contributed by atoms with Gasteiger partial charge in [-0.25, -0.2) is 0 Å². The quantitative estimate of drug-likeness (QED) is 0.181. The molecule has 0 amide bonds. The Morgan fingerprint density at radius 1 is 0.548 bits per heavy atom. The first kappa shape index (κ1) is 28.2. The van der Waals surface area contributed by atoms with Gasteiger partial charge >= 0.3 is 0 Å². The lowest BCUT2D eigenvalue weighted by Crippen LogP contribution is -2.08. The average molecular weight is 433 g/mol. The number of nitrogens with zero attached hydrogens (tertiary/aromatic N) is 1. The van der Waals surface area contributed by atoms with Gasteiger partial charge in [-0.05, 0) is 37.2 Å². The summed E-state index contributed by atoms with van der Waals surface area (Å²) in [6, 6.07) is 0. The van der Waals surface area contributed by atoms with Gasteiger partial charge in [-0.1, -0.05) is 130 Å². The summed E-state index contributed by atoms with van der Waals surface area (Å²) in [5, 5.41) is 8.14. The van der Waals surface area contributed by atoms with E-state index in [2.05, 4.69) is 44.1 Å². The van der Waals surface area contributed by atoms with E-state index >= 15 is 0 Å². The smallest absolute Gasteiger partial charge is 0.0525 e. The van der Waals surface area contributed by atoms with Crippen LogP contribution < -0.4 is 0 Å². The molecule has 0 fully saturated rings. The van der Waals surface area contributed by atoms with Crippen LogP contribution in [0.1, 0.15) is 179 Å². The molecule has 1 N–H and O–H groups in total. The van der Waals surface area contributed by atoms with Crippen LogP contribution in [0.4, 0.5) is 0 Å². The molecular formula is C29H56N2. The summed E-state index contributed by atoms with van der Waals surface area (Å²) >= 11 is 0. The Labute approximate surface area is 195 Å². The highest BCUT2D eigenvalue weighted by atomic mass is 15.1. The maximum Gasteiger partial charge on any atom is 0.0525 e. The zero-order valence-electron chi connectivity index (χ0n) is 21.8. The highest BCUT2D eigenvalue weighted by Gasteiger charge is 2.22. The number of nitrogens with one attached hydrogen (secondary N) is 1. The molecule has 0 aromatic carbocycles. The van der Waals surface area contributed by atoms with Gasteiger partial charge in [0.25, 0.3) is 0 Å². The van der Waals surface area contributed by atoms with Gasteiger partial charge in [0, 0.05) is 11.6 Å². The number of hydrogen-bond donors (Lipinski definition) is 1. The van der Waals surface area contributed by atoms with Crippen molar-refractivity contribution in [2.24, 2.45) is 0 Å². The van der Waals surface area contributed by atoms with Gasteiger partial charge in [0.2, 0.25) is 0 Å². The standard InChI is InChI=1S/C29H56N2/c1-5-9-13-17-21-26(22-18-14-10-6-2)28-25-30-31-29(28)27(23-19-15-11-7-3)24-20-16-12-8-4/h25-27H,5-24H2,1-4H3,(H,30,31). The molecule has 1 heterocycles. The summed E-state index contributed by atoms with van der Waals surface area (Å²) in [4.78, 5) is 0. The molecule has 0 saturated carbocycles. The van der Waals surface area contributed by atoms with Crippen molar-refractivity contribution in [3.63, 3.8) is 0 Å². The molecule has 0 unspecified atom stereocenters. The van der Waals surface area contributed by atoms with Gasteiger partial charge < -0.3 is 0 Å². The van der Waals surface area contributed by atoms with Crippen LogP contribution in [0.5, 0.6) is 0 Å². The van der Waals surface area contributed by atoms with Gasteiger partial charge in [-0.15, -0.1) is 0 Å².